The van der Waals surface area contributed by atoms with Crippen molar-refractivity contribution in [2.45, 2.75) is 24.1 Å². The van der Waals surface area contributed by atoms with Crippen LogP contribution >= 0.6 is 0 Å². The summed E-state index contributed by atoms with van der Waals surface area (Å²) in [5.74, 6) is -2.97. The second kappa shape index (κ2) is 7.68. The zero-order valence-corrected chi connectivity index (χ0v) is 17.2. The lowest BCUT2D eigenvalue weighted by Gasteiger charge is -2.32. The number of methoxy groups -OCH3 is 1. The number of primary amides is 2. The molecule has 2 aliphatic heterocycles. The molecule has 2 bridgehead atoms. The van der Waals surface area contributed by atoms with Crippen molar-refractivity contribution in [2.24, 2.45) is 11.5 Å². The number of nitrogens with zero attached hydrogens (tertiary/aromatic N) is 1. The smallest absolute Gasteiger partial charge is 0.258 e. The van der Waals surface area contributed by atoms with Gasteiger partial charge in [-0.25, -0.2) is 0 Å². The Morgan fingerprint density at radius 2 is 1.97 bits per heavy atom. The second-order valence-corrected chi connectivity index (χ2v) is 7.86. The molecule has 2 saturated heterocycles. The number of likely N-dealkylation sites (tertiary alicyclic amines) is 1. The van der Waals surface area contributed by atoms with Crippen molar-refractivity contribution in [3.05, 3.63) is 35.9 Å². The lowest BCUT2D eigenvalue weighted by molar-refractivity contribution is -0.147. The number of carbonyl (C=O) groups excluding carboxylic acids is 4. The summed E-state index contributed by atoms with van der Waals surface area (Å²) in [4.78, 5) is 50.6. The highest BCUT2D eigenvalue weighted by molar-refractivity contribution is 6.07. The lowest BCUT2D eigenvalue weighted by Crippen LogP contribution is -2.60. The molecule has 2 atom stereocenters. The number of rotatable bonds is 6. The number of phenolic OH excluding ortho intramolecular Hbond substituents is 1. The largest absolute Gasteiger partial charge is 0.507 e. The van der Waals surface area contributed by atoms with E-state index < -0.39 is 35.4 Å². The van der Waals surface area contributed by atoms with Gasteiger partial charge in [0, 0.05) is 11.8 Å². The Labute approximate surface area is 182 Å². The van der Waals surface area contributed by atoms with Crippen LogP contribution in [-0.2, 0) is 19.1 Å². The second-order valence-electron chi connectivity index (χ2n) is 7.86. The topological polar surface area (TPSA) is 174 Å². The first-order valence-electron chi connectivity index (χ1n) is 9.81. The van der Waals surface area contributed by atoms with Gasteiger partial charge < -0.3 is 36.3 Å². The van der Waals surface area contributed by atoms with Crippen LogP contribution in [0.15, 0.2) is 30.3 Å². The van der Waals surface area contributed by atoms with E-state index in [1.807, 2.05) is 0 Å². The predicted molar refractivity (Wildman–Crippen MR) is 111 cm³/mol. The summed E-state index contributed by atoms with van der Waals surface area (Å²) in [6.45, 7) is 0.0153. The normalized spacial score (nSPS) is 21.7. The van der Waals surface area contributed by atoms with E-state index in [0.29, 0.717) is 10.8 Å². The maximum atomic E-state index is 13.4. The van der Waals surface area contributed by atoms with E-state index in [0.717, 1.165) is 0 Å². The maximum Gasteiger partial charge on any atom is 0.258 e. The van der Waals surface area contributed by atoms with Gasteiger partial charge in [0.1, 0.15) is 11.5 Å². The Morgan fingerprint density at radius 1 is 1.25 bits per heavy atom. The van der Waals surface area contributed by atoms with Crippen LogP contribution in [0, 0.1) is 0 Å². The SMILES string of the molecule is COc1cc2c(O)cccc2cc1C(=O)N1C[C@@]2(C(=O)NC(C(N)=O)C(N)=O)CC1CO2. The highest BCUT2D eigenvalue weighted by Crippen LogP contribution is 2.40. The van der Waals surface area contributed by atoms with E-state index >= 15 is 0 Å². The maximum absolute atomic E-state index is 13.4. The fraction of sp³-hybridized carbons (Fsp3) is 0.333. The van der Waals surface area contributed by atoms with Gasteiger partial charge in [-0.2, -0.15) is 0 Å². The zero-order valence-electron chi connectivity index (χ0n) is 17.2. The molecule has 2 aromatic carbocycles. The molecule has 0 radical (unpaired) electrons. The van der Waals surface area contributed by atoms with Gasteiger partial charge >= 0.3 is 0 Å². The molecule has 2 heterocycles. The molecule has 2 aromatic rings. The Balaban J connectivity index is 1.61. The highest BCUT2D eigenvalue weighted by atomic mass is 16.5. The molecule has 0 aromatic heterocycles. The number of carbonyl (C=O) groups is 4. The van der Waals surface area contributed by atoms with Crippen molar-refractivity contribution in [2.75, 3.05) is 20.3 Å². The van der Waals surface area contributed by atoms with Gasteiger partial charge in [-0.05, 0) is 23.6 Å². The number of ether oxygens (including phenoxy) is 2. The zero-order chi connectivity index (χ0) is 23.2. The predicted octanol–water partition coefficient (Wildman–Crippen LogP) is -1.01. The number of morpholine rings is 1. The molecular formula is C21H22N4O7. The first kappa shape index (κ1) is 21.4. The fourth-order valence-corrected chi connectivity index (χ4v) is 4.26. The monoisotopic (exact) mass is 442 g/mol. The number of phenols is 1. The van der Waals surface area contributed by atoms with Crippen molar-refractivity contribution in [3.8, 4) is 11.5 Å². The van der Waals surface area contributed by atoms with Crippen molar-refractivity contribution < 1.29 is 33.8 Å². The summed E-state index contributed by atoms with van der Waals surface area (Å²) >= 11 is 0. The molecule has 0 saturated carbocycles. The van der Waals surface area contributed by atoms with E-state index in [-0.39, 0.29) is 42.5 Å². The number of hydrogen-bond acceptors (Lipinski definition) is 7. The molecule has 2 aliphatic rings. The van der Waals surface area contributed by atoms with Gasteiger partial charge in [-0.15, -0.1) is 0 Å². The van der Waals surface area contributed by atoms with E-state index in [1.54, 1.807) is 24.3 Å². The number of nitrogens with one attached hydrogen (secondary N) is 1. The van der Waals surface area contributed by atoms with Crippen LogP contribution in [0.5, 0.6) is 11.5 Å². The molecule has 2 fully saturated rings. The number of hydrogen-bond donors (Lipinski definition) is 4. The molecule has 0 aliphatic carbocycles. The highest BCUT2D eigenvalue weighted by Gasteiger charge is 2.58. The molecule has 11 heteroatoms. The number of aromatic hydroxyl groups is 1. The summed E-state index contributed by atoms with van der Waals surface area (Å²) in [7, 11) is 1.42. The van der Waals surface area contributed by atoms with E-state index in [2.05, 4.69) is 5.32 Å². The third-order valence-electron chi connectivity index (χ3n) is 5.91. The van der Waals surface area contributed by atoms with Crippen molar-refractivity contribution in [1.82, 2.24) is 10.2 Å². The third-order valence-corrected chi connectivity index (χ3v) is 5.91. The molecule has 0 spiro atoms. The standard InChI is InChI=1S/C21H22N4O7/c1-31-15-6-12-10(3-2-4-14(12)26)5-13(15)19(29)25-9-21(7-11(25)8-32-21)20(30)24-16(17(22)27)18(23)28/h2-6,11,16,26H,7-9H2,1H3,(H2,22,27)(H2,23,28)(H,24,30)/t11?,21-/m1/s1. The van der Waals surface area contributed by atoms with Crippen LogP contribution in [0.4, 0.5) is 0 Å². The van der Waals surface area contributed by atoms with E-state index in [4.69, 9.17) is 20.9 Å². The molecule has 32 heavy (non-hydrogen) atoms. The quantitative estimate of drug-likeness (QED) is 0.415. The molecule has 4 rings (SSSR count). The Bertz CT molecular complexity index is 1140. The van der Waals surface area contributed by atoms with Crippen LogP contribution in [-0.4, -0.2) is 71.6 Å². The molecule has 168 valence electrons. The average Bonchev–Trinajstić information content (AvgIpc) is 3.36. The number of benzene rings is 2. The minimum absolute atomic E-state index is 0.0579. The van der Waals surface area contributed by atoms with Crippen molar-refractivity contribution in [3.63, 3.8) is 0 Å². The van der Waals surface area contributed by atoms with Crippen LogP contribution in [0.3, 0.4) is 0 Å². The van der Waals surface area contributed by atoms with Gasteiger partial charge in [0.2, 0.25) is 11.8 Å². The van der Waals surface area contributed by atoms with Gasteiger partial charge in [0.05, 0.1) is 31.9 Å². The lowest BCUT2D eigenvalue weighted by atomic mass is 10.0. The van der Waals surface area contributed by atoms with Crippen LogP contribution in [0.1, 0.15) is 16.8 Å². The summed E-state index contributed by atoms with van der Waals surface area (Å²) in [6.07, 6.45) is 0.186. The van der Waals surface area contributed by atoms with Crippen molar-refractivity contribution >= 4 is 34.4 Å². The minimum atomic E-state index is -1.68. The first-order valence-corrected chi connectivity index (χ1v) is 9.81. The number of fused-ring (bicyclic) bond motifs is 3. The van der Waals surface area contributed by atoms with Gasteiger partial charge in [0.25, 0.3) is 11.8 Å². The summed E-state index contributed by atoms with van der Waals surface area (Å²) in [5.41, 5.74) is 9.10. The Kier molecular flexibility index (Phi) is 5.13. The third kappa shape index (κ3) is 3.36. The van der Waals surface area contributed by atoms with E-state index in [9.17, 15) is 24.3 Å². The Hall–Kier alpha value is -3.86. The van der Waals surface area contributed by atoms with Crippen molar-refractivity contribution in [1.29, 1.82) is 0 Å². The Morgan fingerprint density at radius 3 is 2.62 bits per heavy atom. The number of amides is 4. The molecule has 11 nitrogen and oxygen atoms in total. The average molecular weight is 442 g/mol. The molecule has 1 unspecified atom stereocenters. The van der Waals surface area contributed by atoms with E-state index in [1.165, 1.54) is 18.1 Å². The summed E-state index contributed by atoms with van der Waals surface area (Å²) in [6, 6.07) is 6.08. The van der Waals surface area contributed by atoms with Gasteiger partial charge in [0.15, 0.2) is 11.6 Å². The van der Waals surface area contributed by atoms with Crippen LogP contribution in [0.2, 0.25) is 0 Å². The summed E-state index contributed by atoms with van der Waals surface area (Å²) < 4.78 is 11.0. The number of nitrogens with two attached hydrogens (primary N) is 2. The van der Waals surface area contributed by atoms with Gasteiger partial charge in [-0.3, -0.25) is 19.2 Å². The van der Waals surface area contributed by atoms with Crippen LogP contribution in [0.25, 0.3) is 10.8 Å². The fourth-order valence-electron chi connectivity index (χ4n) is 4.26. The molecule has 6 N–H and O–H groups in total. The first-order chi connectivity index (χ1) is 15.2. The summed E-state index contributed by atoms with van der Waals surface area (Å²) in [5, 5.41) is 13.5. The minimum Gasteiger partial charge on any atom is -0.507 e. The van der Waals surface area contributed by atoms with Crippen LogP contribution < -0.4 is 21.5 Å². The molecular weight excluding hydrogens is 420 g/mol. The van der Waals surface area contributed by atoms with Gasteiger partial charge in [-0.1, -0.05) is 12.1 Å². The molecule has 4 amide bonds.